The first kappa shape index (κ1) is 7.80. The number of likely N-dealkylation sites (tertiary alicyclic amines) is 1. The van der Waals surface area contributed by atoms with Gasteiger partial charge in [-0.15, -0.1) is 0 Å². The molecule has 3 nitrogen and oxygen atoms in total. The molecule has 3 heteroatoms. The Bertz CT molecular complexity index is 237. The number of fused-ring (bicyclic) bond motifs is 1. The summed E-state index contributed by atoms with van der Waals surface area (Å²) in [5.41, 5.74) is 0. The van der Waals surface area contributed by atoms with Gasteiger partial charge in [-0.2, -0.15) is 0 Å². The van der Waals surface area contributed by atoms with Crippen molar-refractivity contribution >= 4 is 5.91 Å². The monoisotopic (exact) mass is 167 g/mol. The van der Waals surface area contributed by atoms with Crippen LogP contribution in [0.3, 0.4) is 0 Å². The van der Waals surface area contributed by atoms with Crippen LogP contribution in [0.5, 0.6) is 0 Å². The van der Waals surface area contributed by atoms with E-state index in [4.69, 9.17) is 0 Å². The lowest BCUT2D eigenvalue weighted by atomic mass is 9.85. The fraction of sp³-hybridized carbons (Fsp3) is 0.667. The molecule has 1 amide bonds. The standard InChI is InChI=1S/C9H13NO2/c1-10-8(11)6-4-2-3-5-7(6)9(10)12/h2-3,6-8,11H,4-5H2,1H3/t6-,7+,8?/m1/s1. The van der Waals surface area contributed by atoms with Gasteiger partial charge in [-0.05, 0) is 12.8 Å². The summed E-state index contributed by atoms with van der Waals surface area (Å²) in [6.07, 6.45) is 5.15. The second-order valence-corrected chi connectivity index (χ2v) is 3.58. The topological polar surface area (TPSA) is 40.5 Å². The van der Waals surface area contributed by atoms with Gasteiger partial charge in [0.2, 0.25) is 5.91 Å². The van der Waals surface area contributed by atoms with Gasteiger partial charge in [0, 0.05) is 18.9 Å². The Hall–Kier alpha value is -0.830. The van der Waals surface area contributed by atoms with Crippen LogP contribution >= 0.6 is 0 Å². The van der Waals surface area contributed by atoms with Crippen molar-refractivity contribution in [2.45, 2.75) is 19.1 Å². The van der Waals surface area contributed by atoms with E-state index in [1.165, 1.54) is 4.90 Å². The summed E-state index contributed by atoms with van der Waals surface area (Å²) in [7, 11) is 1.67. The van der Waals surface area contributed by atoms with Crippen molar-refractivity contribution in [2.24, 2.45) is 11.8 Å². The second kappa shape index (κ2) is 2.59. The van der Waals surface area contributed by atoms with Gasteiger partial charge in [-0.1, -0.05) is 12.2 Å². The number of carbonyl (C=O) groups is 1. The molecule has 1 N–H and O–H groups in total. The number of nitrogens with zero attached hydrogens (tertiary/aromatic N) is 1. The fourth-order valence-corrected chi connectivity index (χ4v) is 2.13. The number of carbonyl (C=O) groups excluding carboxylic acids is 1. The first-order valence-corrected chi connectivity index (χ1v) is 4.31. The van der Waals surface area contributed by atoms with Crippen molar-refractivity contribution in [1.29, 1.82) is 0 Å². The fourth-order valence-electron chi connectivity index (χ4n) is 2.13. The van der Waals surface area contributed by atoms with Crippen LogP contribution in [0.25, 0.3) is 0 Å². The largest absolute Gasteiger partial charge is 0.373 e. The molecule has 0 spiro atoms. The number of amides is 1. The lowest BCUT2D eigenvalue weighted by Gasteiger charge is -2.20. The first-order chi connectivity index (χ1) is 5.72. The van der Waals surface area contributed by atoms with Gasteiger partial charge >= 0.3 is 0 Å². The lowest BCUT2D eigenvalue weighted by molar-refractivity contribution is -0.133. The number of allylic oxidation sites excluding steroid dienone is 2. The average molecular weight is 167 g/mol. The van der Waals surface area contributed by atoms with E-state index in [9.17, 15) is 9.90 Å². The maximum atomic E-state index is 11.5. The maximum Gasteiger partial charge on any atom is 0.228 e. The third-order valence-electron chi connectivity index (χ3n) is 2.93. The molecule has 1 aliphatic heterocycles. The van der Waals surface area contributed by atoms with Crippen LogP contribution in [0, 0.1) is 11.8 Å². The number of rotatable bonds is 0. The minimum absolute atomic E-state index is 0.0370. The number of aliphatic hydroxyl groups is 1. The van der Waals surface area contributed by atoms with Crippen LogP contribution in [0.15, 0.2) is 12.2 Å². The molecule has 0 aromatic carbocycles. The zero-order valence-corrected chi connectivity index (χ0v) is 7.10. The summed E-state index contributed by atoms with van der Waals surface area (Å²) in [5.74, 6) is 0.263. The predicted molar refractivity (Wildman–Crippen MR) is 44.1 cm³/mol. The van der Waals surface area contributed by atoms with E-state index < -0.39 is 6.23 Å². The van der Waals surface area contributed by atoms with Crippen molar-refractivity contribution in [2.75, 3.05) is 7.05 Å². The van der Waals surface area contributed by atoms with E-state index in [0.717, 1.165) is 12.8 Å². The Kier molecular flexibility index (Phi) is 1.68. The molecule has 0 aromatic rings. The molecule has 2 aliphatic rings. The van der Waals surface area contributed by atoms with Crippen LogP contribution in [0.2, 0.25) is 0 Å². The Morgan fingerprint density at radius 1 is 1.50 bits per heavy atom. The highest BCUT2D eigenvalue weighted by molar-refractivity contribution is 5.81. The van der Waals surface area contributed by atoms with Crippen LogP contribution in [-0.4, -0.2) is 29.2 Å². The van der Waals surface area contributed by atoms with Crippen LogP contribution in [0.1, 0.15) is 12.8 Å². The SMILES string of the molecule is CN1C(=O)[C@H]2CC=CC[C@H]2C1O. The zero-order valence-electron chi connectivity index (χ0n) is 7.10. The van der Waals surface area contributed by atoms with E-state index in [-0.39, 0.29) is 17.7 Å². The number of hydrogen-bond acceptors (Lipinski definition) is 2. The first-order valence-electron chi connectivity index (χ1n) is 4.31. The van der Waals surface area contributed by atoms with Crippen molar-refractivity contribution in [1.82, 2.24) is 4.90 Å². The molecule has 12 heavy (non-hydrogen) atoms. The van der Waals surface area contributed by atoms with Gasteiger partial charge in [0.15, 0.2) is 0 Å². The molecule has 1 saturated heterocycles. The molecule has 66 valence electrons. The zero-order chi connectivity index (χ0) is 8.72. The average Bonchev–Trinajstić information content (AvgIpc) is 2.33. The van der Waals surface area contributed by atoms with Crippen molar-refractivity contribution in [3.8, 4) is 0 Å². The summed E-state index contributed by atoms with van der Waals surface area (Å²) in [6, 6.07) is 0. The Labute approximate surface area is 71.7 Å². The molecule has 2 rings (SSSR count). The number of hydrogen-bond donors (Lipinski definition) is 1. The smallest absolute Gasteiger partial charge is 0.228 e. The molecule has 1 heterocycles. The molecule has 0 saturated carbocycles. The minimum atomic E-state index is -0.563. The van der Waals surface area contributed by atoms with Gasteiger partial charge < -0.3 is 10.0 Å². The van der Waals surface area contributed by atoms with E-state index in [1.807, 2.05) is 6.08 Å². The third kappa shape index (κ3) is 0.894. The second-order valence-electron chi connectivity index (χ2n) is 3.58. The molecular formula is C9H13NO2. The molecule has 0 bridgehead atoms. The summed E-state index contributed by atoms with van der Waals surface area (Å²) >= 11 is 0. The molecule has 0 aromatic heterocycles. The Balaban J connectivity index is 2.25. The van der Waals surface area contributed by atoms with Crippen molar-refractivity contribution in [3.05, 3.63) is 12.2 Å². The maximum absolute atomic E-state index is 11.5. The lowest BCUT2D eigenvalue weighted by Crippen LogP contribution is -2.30. The van der Waals surface area contributed by atoms with Gasteiger partial charge in [0.25, 0.3) is 0 Å². The molecule has 1 unspecified atom stereocenters. The van der Waals surface area contributed by atoms with Gasteiger partial charge in [0.05, 0.1) is 0 Å². The molecule has 0 radical (unpaired) electrons. The third-order valence-corrected chi connectivity index (χ3v) is 2.93. The van der Waals surface area contributed by atoms with E-state index in [2.05, 4.69) is 6.08 Å². The Morgan fingerprint density at radius 3 is 2.83 bits per heavy atom. The summed E-state index contributed by atoms with van der Waals surface area (Å²) in [6.45, 7) is 0. The van der Waals surface area contributed by atoms with E-state index >= 15 is 0 Å². The summed E-state index contributed by atoms with van der Waals surface area (Å²) in [4.78, 5) is 12.9. The number of aliphatic hydroxyl groups excluding tert-OH is 1. The highest BCUT2D eigenvalue weighted by Gasteiger charge is 2.44. The summed E-state index contributed by atoms with van der Waals surface area (Å²) in [5, 5.41) is 9.63. The van der Waals surface area contributed by atoms with Gasteiger partial charge in [-0.3, -0.25) is 4.79 Å². The predicted octanol–water partition coefficient (Wildman–Crippen LogP) is 0.359. The van der Waals surface area contributed by atoms with Gasteiger partial charge in [-0.25, -0.2) is 0 Å². The van der Waals surface area contributed by atoms with E-state index in [0.29, 0.717) is 0 Å². The van der Waals surface area contributed by atoms with E-state index in [1.54, 1.807) is 7.05 Å². The van der Waals surface area contributed by atoms with Crippen molar-refractivity contribution < 1.29 is 9.90 Å². The van der Waals surface area contributed by atoms with Crippen LogP contribution < -0.4 is 0 Å². The quantitative estimate of drug-likeness (QED) is 0.529. The van der Waals surface area contributed by atoms with Crippen LogP contribution in [-0.2, 0) is 4.79 Å². The van der Waals surface area contributed by atoms with Gasteiger partial charge in [0.1, 0.15) is 6.23 Å². The molecule has 3 atom stereocenters. The minimum Gasteiger partial charge on any atom is -0.373 e. The highest BCUT2D eigenvalue weighted by atomic mass is 16.3. The van der Waals surface area contributed by atoms with Crippen molar-refractivity contribution in [3.63, 3.8) is 0 Å². The van der Waals surface area contributed by atoms with Crippen LogP contribution in [0.4, 0.5) is 0 Å². The molecule has 1 aliphatic carbocycles. The normalized spacial score (nSPS) is 40.3. The molecule has 1 fully saturated rings. The molecular weight excluding hydrogens is 154 g/mol. The summed E-state index contributed by atoms with van der Waals surface area (Å²) < 4.78 is 0. The highest BCUT2D eigenvalue weighted by Crippen LogP contribution is 2.36. The Morgan fingerprint density at radius 2 is 2.17 bits per heavy atom.